The van der Waals surface area contributed by atoms with Gasteiger partial charge >= 0.3 is 0 Å². The number of carbonyl (C=O) groups is 1. The fourth-order valence-corrected chi connectivity index (χ4v) is 5.92. The number of ether oxygens (including phenoxy) is 1. The summed E-state index contributed by atoms with van der Waals surface area (Å²) >= 11 is 5.94. The van der Waals surface area contributed by atoms with E-state index in [2.05, 4.69) is 0 Å². The van der Waals surface area contributed by atoms with E-state index in [1.165, 1.54) is 19.2 Å². The normalized spacial score (nSPS) is 16.2. The van der Waals surface area contributed by atoms with Crippen LogP contribution in [0.5, 0.6) is 5.75 Å². The summed E-state index contributed by atoms with van der Waals surface area (Å²) in [5, 5.41) is 10.0. The second-order valence-electron chi connectivity index (χ2n) is 7.75. The number of hydroxylamine groups is 1. The molecule has 0 bridgehead atoms. The highest BCUT2D eigenvalue weighted by Crippen LogP contribution is 2.41. The van der Waals surface area contributed by atoms with Crippen LogP contribution in [0.1, 0.15) is 22.7 Å². The van der Waals surface area contributed by atoms with Gasteiger partial charge in [-0.25, -0.2) is 13.9 Å². The van der Waals surface area contributed by atoms with Crippen LogP contribution < -0.4 is 10.2 Å². The zero-order chi connectivity index (χ0) is 23.8. The number of nitrogens with zero attached hydrogens (tertiary/aromatic N) is 1. The topological polar surface area (TPSA) is 95.9 Å². The van der Waals surface area contributed by atoms with Crippen molar-refractivity contribution in [2.45, 2.75) is 24.3 Å². The second-order valence-corrected chi connectivity index (χ2v) is 10.1. The number of hydrogen-bond donors (Lipinski definition) is 2. The number of amides is 1. The number of nitrogens with one attached hydrogen (secondary N) is 1. The lowest BCUT2D eigenvalue weighted by Crippen LogP contribution is -2.46. The molecule has 7 nitrogen and oxygen atoms in total. The molecule has 1 aliphatic heterocycles. The van der Waals surface area contributed by atoms with Crippen molar-refractivity contribution in [1.82, 2.24) is 9.79 Å². The maximum Gasteiger partial charge on any atom is 0.266 e. The van der Waals surface area contributed by atoms with E-state index in [0.29, 0.717) is 22.8 Å². The van der Waals surface area contributed by atoms with Crippen molar-refractivity contribution in [3.63, 3.8) is 0 Å². The Labute approximate surface area is 197 Å². The zero-order valence-corrected chi connectivity index (χ0v) is 19.7. The molecule has 172 valence electrons. The lowest BCUT2D eigenvalue weighted by molar-refractivity contribution is -0.133. The lowest BCUT2D eigenvalue weighted by atomic mass is 9.89. The third-order valence-corrected chi connectivity index (χ3v) is 8.04. The Balaban J connectivity index is 1.76. The summed E-state index contributed by atoms with van der Waals surface area (Å²) in [6.07, 6.45) is 0.412. The minimum absolute atomic E-state index is 0.0472. The van der Waals surface area contributed by atoms with Crippen LogP contribution in [0, 0.1) is 6.92 Å². The van der Waals surface area contributed by atoms with E-state index in [9.17, 15) is 18.4 Å². The number of aryl methyl sites for hydroxylation is 1. The highest BCUT2D eigenvalue weighted by atomic mass is 35.5. The third kappa shape index (κ3) is 4.22. The van der Waals surface area contributed by atoms with Gasteiger partial charge < -0.3 is 4.74 Å². The van der Waals surface area contributed by atoms with Gasteiger partial charge in [-0.15, -0.1) is 0 Å². The van der Waals surface area contributed by atoms with Gasteiger partial charge in [0.05, 0.1) is 12.0 Å². The summed E-state index contributed by atoms with van der Waals surface area (Å²) in [5.74, 6) is -0.455. The van der Waals surface area contributed by atoms with Crippen molar-refractivity contribution in [2.75, 3.05) is 13.7 Å². The Morgan fingerprint density at radius 3 is 2.24 bits per heavy atom. The van der Waals surface area contributed by atoms with Crippen molar-refractivity contribution < 1.29 is 23.2 Å². The van der Waals surface area contributed by atoms with Gasteiger partial charge in [0.2, 0.25) is 10.0 Å². The Hall–Kier alpha value is -2.91. The number of fused-ring (bicyclic) bond motifs is 1. The smallest absolute Gasteiger partial charge is 0.266 e. The largest absolute Gasteiger partial charge is 0.496 e. The van der Waals surface area contributed by atoms with Gasteiger partial charge in [0.1, 0.15) is 11.8 Å². The molecule has 0 saturated heterocycles. The third-order valence-electron chi connectivity index (χ3n) is 5.91. The summed E-state index contributed by atoms with van der Waals surface area (Å²) < 4.78 is 33.8. The van der Waals surface area contributed by atoms with Crippen molar-refractivity contribution in [3.05, 3.63) is 82.4 Å². The highest BCUT2D eigenvalue weighted by Gasteiger charge is 2.42. The van der Waals surface area contributed by atoms with Crippen LogP contribution in [-0.2, 0) is 21.2 Å². The van der Waals surface area contributed by atoms with Crippen molar-refractivity contribution in [2.24, 2.45) is 0 Å². The van der Waals surface area contributed by atoms with Crippen LogP contribution in [0.3, 0.4) is 0 Å². The zero-order valence-electron chi connectivity index (χ0n) is 18.1. The average molecular weight is 487 g/mol. The molecule has 33 heavy (non-hydrogen) atoms. The Bertz CT molecular complexity index is 1290. The van der Waals surface area contributed by atoms with E-state index in [1.807, 2.05) is 25.1 Å². The van der Waals surface area contributed by atoms with Gasteiger partial charge in [0, 0.05) is 17.1 Å². The van der Waals surface area contributed by atoms with Crippen LogP contribution >= 0.6 is 11.6 Å². The fraction of sp³-hybridized carbons (Fsp3) is 0.208. The summed E-state index contributed by atoms with van der Waals surface area (Å²) in [5.41, 5.74) is 5.55. The molecule has 0 spiro atoms. The molecule has 1 aliphatic rings. The Kier molecular flexibility index (Phi) is 6.45. The number of hydrogen-bond acceptors (Lipinski definition) is 5. The molecule has 3 aromatic rings. The molecule has 9 heteroatoms. The number of rotatable bonds is 5. The summed E-state index contributed by atoms with van der Waals surface area (Å²) in [6.45, 7) is 1.98. The monoisotopic (exact) mass is 486 g/mol. The Morgan fingerprint density at radius 1 is 1.06 bits per heavy atom. The SMILES string of the molecule is COc1ccc(C)c2c1C(C(=O)NO)N(S(=O)(=O)c1ccc(-c3ccc(Cl)cc3)cc1)CC2. The average Bonchev–Trinajstić information content (AvgIpc) is 2.83. The molecule has 0 saturated carbocycles. The van der Waals surface area contributed by atoms with Crippen LogP contribution in [0.15, 0.2) is 65.6 Å². The van der Waals surface area contributed by atoms with E-state index in [0.717, 1.165) is 26.6 Å². The fourth-order valence-electron chi connectivity index (χ4n) is 4.24. The summed E-state index contributed by atoms with van der Waals surface area (Å²) in [6, 6.07) is 16.0. The van der Waals surface area contributed by atoms with Crippen LogP contribution in [0.4, 0.5) is 0 Å². The van der Waals surface area contributed by atoms with Gasteiger partial charge in [-0.3, -0.25) is 10.0 Å². The van der Waals surface area contributed by atoms with Crippen molar-refractivity contribution in [3.8, 4) is 16.9 Å². The van der Waals surface area contributed by atoms with E-state index in [1.54, 1.807) is 35.8 Å². The van der Waals surface area contributed by atoms with Gasteiger partial charge in [0.25, 0.3) is 5.91 Å². The predicted molar refractivity (Wildman–Crippen MR) is 125 cm³/mol. The van der Waals surface area contributed by atoms with Gasteiger partial charge in [-0.1, -0.05) is 41.9 Å². The van der Waals surface area contributed by atoms with E-state index < -0.39 is 22.0 Å². The summed E-state index contributed by atoms with van der Waals surface area (Å²) in [7, 11) is -2.61. The molecule has 1 atom stereocenters. The summed E-state index contributed by atoms with van der Waals surface area (Å²) in [4.78, 5) is 12.8. The van der Waals surface area contributed by atoms with E-state index >= 15 is 0 Å². The molecule has 2 N–H and O–H groups in total. The number of benzene rings is 3. The standard InChI is InChI=1S/C24H23ClN2O5S/c1-15-3-12-21(32-2)22-20(15)13-14-27(23(22)24(28)26-29)33(30,31)19-10-6-17(7-11-19)16-4-8-18(25)9-5-16/h3-12,23,29H,13-14H2,1-2H3,(H,26,28). The first-order valence-corrected chi connectivity index (χ1v) is 12.1. The lowest BCUT2D eigenvalue weighted by Gasteiger charge is -2.36. The minimum Gasteiger partial charge on any atom is -0.496 e. The van der Waals surface area contributed by atoms with Crippen molar-refractivity contribution in [1.29, 1.82) is 0 Å². The number of carbonyl (C=O) groups excluding carboxylic acids is 1. The molecule has 0 fully saturated rings. The predicted octanol–water partition coefficient (Wildman–Crippen LogP) is 4.12. The molecular formula is C24H23ClN2O5S. The van der Waals surface area contributed by atoms with E-state index in [4.69, 9.17) is 16.3 Å². The first-order chi connectivity index (χ1) is 15.8. The Morgan fingerprint density at radius 2 is 1.67 bits per heavy atom. The molecule has 1 amide bonds. The molecule has 1 heterocycles. The van der Waals surface area contributed by atoms with E-state index in [-0.39, 0.29) is 11.4 Å². The van der Waals surface area contributed by atoms with Gasteiger partial charge in [0.15, 0.2) is 0 Å². The van der Waals surface area contributed by atoms with Gasteiger partial charge in [-0.05, 0) is 65.9 Å². The highest BCUT2D eigenvalue weighted by molar-refractivity contribution is 7.89. The molecule has 0 aromatic heterocycles. The van der Waals surface area contributed by atoms with Gasteiger partial charge in [-0.2, -0.15) is 4.31 Å². The first-order valence-electron chi connectivity index (χ1n) is 10.3. The molecule has 3 aromatic carbocycles. The molecule has 1 unspecified atom stereocenters. The van der Waals surface area contributed by atoms with Crippen molar-refractivity contribution >= 4 is 27.5 Å². The minimum atomic E-state index is -4.07. The van der Waals surface area contributed by atoms with Crippen LogP contribution in [0.25, 0.3) is 11.1 Å². The molecule has 0 aliphatic carbocycles. The second kappa shape index (κ2) is 9.15. The van der Waals surface area contributed by atoms with Crippen LogP contribution in [0.2, 0.25) is 5.02 Å². The number of sulfonamides is 1. The molecular weight excluding hydrogens is 464 g/mol. The first kappa shape index (κ1) is 23.3. The number of methoxy groups -OCH3 is 1. The number of halogens is 1. The van der Waals surface area contributed by atoms with Crippen LogP contribution in [-0.4, -0.2) is 37.5 Å². The maximum absolute atomic E-state index is 13.6. The quantitative estimate of drug-likeness (QED) is 0.418. The molecule has 4 rings (SSSR count). The maximum atomic E-state index is 13.6. The molecule has 0 radical (unpaired) electrons.